The first-order chi connectivity index (χ1) is 20.8. The van der Waals surface area contributed by atoms with Gasteiger partial charge in [0.05, 0.1) is 23.3 Å². The lowest BCUT2D eigenvalue weighted by Gasteiger charge is -2.20. The summed E-state index contributed by atoms with van der Waals surface area (Å²) in [6, 6.07) is 13.7. The van der Waals surface area contributed by atoms with Gasteiger partial charge in [-0.3, -0.25) is 9.59 Å². The molecule has 0 saturated heterocycles. The van der Waals surface area contributed by atoms with Crippen LogP contribution in [0.3, 0.4) is 0 Å². The number of rotatable bonds is 7. The van der Waals surface area contributed by atoms with Crippen LogP contribution in [0, 0.1) is 11.6 Å². The van der Waals surface area contributed by atoms with E-state index in [0.717, 1.165) is 22.8 Å². The molecule has 0 unspecified atom stereocenters. The number of benzene rings is 4. The molecule has 5 rings (SSSR count). The Morgan fingerprint density at radius 1 is 0.909 bits per heavy atom. The van der Waals surface area contributed by atoms with Crippen LogP contribution >= 0.6 is 0 Å². The van der Waals surface area contributed by atoms with Crippen molar-refractivity contribution >= 4 is 33.6 Å². The number of carboxylic acids is 1. The molecule has 0 aliphatic heterocycles. The number of alkyl halides is 3. The molecule has 0 aliphatic rings. The third kappa shape index (κ3) is 5.39. The van der Waals surface area contributed by atoms with E-state index < -0.39 is 71.0 Å². The molecule has 226 valence electrons. The molecular weight excluding hydrogens is 587 g/mol. The highest BCUT2D eigenvalue weighted by atomic mass is 19.4. The zero-order valence-corrected chi connectivity index (χ0v) is 22.9. The molecule has 4 aromatic carbocycles. The Balaban J connectivity index is 1.67. The molecular formula is C32H23F5N2O5. The summed E-state index contributed by atoms with van der Waals surface area (Å²) in [5.41, 5.74) is -3.29. The number of nitrogens with zero attached hydrogens (tertiary/aromatic N) is 1. The van der Waals surface area contributed by atoms with Gasteiger partial charge in [0.1, 0.15) is 23.2 Å². The van der Waals surface area contributed by atoms with Crippen molar-refractivity contribution in [2.24, 2.45) is 7.05 Å². The van der Waals surface area contributed by atoms with Crippen molar-refractivity contribution in [3.8, 4) is 11.1 Å². The fourth-order valence-electron chi connectivity index (χ4n) is 5.37. The molecule has 7 nitrogen and oxygen atoms in total. The van der Waals surface area contributed by atoms with Crippen LogP contribution in [0.2, 0.25) is 0 Å². The minimum absolute atomic E-state index is 0.00975. The number of amides is 1. The normalized spacial score (nSPS) is 12.4. The number of halogens is 5. The van der Waals surface area contributed by atoms with Crippen molar-refractivity contribution < 1.29 is 41.8 Å². The van der Waals surface area contributed by atoms with Gasteiger partial charge in [-0.1, -0.05) is 48.5 Å². The highest BCUT2D eigenvalue weighted by Crippen LogP contribution is 2.42. The highest BCUT2D eigenvalue weighted by molar-refractivity contribution is 6.02. The maximum Gasteiger partial charge on any atom is 0.417 e. The van der Waals surface area contributed by atoms with Gasteiger partial charge in [-0.25, -0.2) is 13.6 Å². The number of pyridine rings is 1. The molecule has 44 heavy (non-hydrogen) atoms. The van der Waals surface area contributed by atoms with E-state index in [1.165, 1.54) is 61.6 Å². The van der Waals surface area contributed by atoms with E-state index in [9.17, 15) is 46.5 Å². The van der Waals surface area contributed by atoms with E-state index in [2.05, 4.69) is 5.32 Å². The summed E-state index contributed by atoms with van der Waals surface area (Å²) in [5, 5.41) is 21.7. The summed E-state index contributed by atoms with van der Waals surface area (Å²) in [4.78, 5) is 38.3. The average Bonchev–Trinajstić information content (AvgIpc) is 2.97. The molecule has 1 atom stereocenters. The highest BCUT2D eigenvalue weighted by Gasteiger charge is 2.38. The number of hydrogen-bond acceptors (Lipinski definition) is 4. The van der Waals surface area contributed by atoms with E-state index in [1.54, 1.807) is 0 Å². The second kappa shape index (κ2) is 11.5. The molecule has 0 bridgehead atoms. The summed E-state index contributed by atoms with van der Waals surface area (Å²) < 4.78 is 73.5. The van der Waals surface area contributed by atoms with Gasteiger partial charge in [0, 0.05) is 18.9 Å². The van der Waals surface area contributed by atoms with Crippen LogP contribution in [0.4, 0.5) is 22.0 Å². The Kier molecular flexibility index (Phi) is 7.96. The number of aliphatic hydroxyl groups excluding tert-OH is 1. The van der Waals surface area contributed by atoms with Gasteiger partial charge in [-0.2, -0.15) is 13.2 Å². The number of aliphatic hydroxyl groups is 1. The molecule has 0 spiro atoms. The number of carbonyl (C=O) groups excluding carboxylic acids is 1. The van der Waals surface area contributed by atoms with Gasteiger partial charge in [0.25, 0.3) is 11.5 Å². The van der Waals surface area contributed by atoms with Crippen molar-refractivity contribution in [2.75, 3.05) is 0 Å². The molecule has 12 heteroatoms. The molecule has 0 radical (unpaired) electrons. The van der Waals surface area contributed by atoms with Gasteiger partial charge in [-0.15, -0.1) is 0 Å². The van der Waals surface area contributed by atoms with Gasteiger partial charge < -0.3 is 20.1 Å². The van der Waals surface area contributed by atoms with Gasteiger partial charge in [0.2, 0.25) is 0 Å². The van der Waals surface area contributed by atoms with Crippen LogP contribution in [0.15, 0.2) is 77.6 Å². The Morgan fingerprint density at radius 2 is 1.55 bits per heavy atom. The predicted molar refractivity (Wildman–Crippen MR) is 152 cm³/mol. The lowest BCUT2D eigenvalue weighted by Crippen LogP contribution is -2.43. The van der Waals surface area contributed by atoms with Crippen LogP contribution in [0.25, 0.3) is 32.8 Å². The Bertz CT molecular complexity index is 2000. The molecule has 0 saturated carbocycles. The Labute approximate surface area is 245 Å². The van der Waals surface area contributed by atoms with Gasteiger partial charge in [-0.05, 0) is 51.7 Å². The van der Waals surface area contributed by atoms with E-state index >= 15 is 0 Å². The van der Waals surface area contributed by atoms with Crippen molar-refractivity contribution in [1.29, 1.82) is 0 Å². The van der Waals surface area contributed by atoms with Gasteiger partial charge >= 0.3 is 12.1 Å². The summed E-state index contributed by atoms with van der Waals surface area (Å²) in [6.45, 7) is -0.520. The van der Waals surface area contributed by atoms with Crippen LogP contribution in [-0.4, -0.2) is 32.7 Å². The number of carboxylic acid groups (broad SMARTS) is 1. The number of aryl methyl sites for hydroxylation is 1. The SMILES string of the molecule is Cn1c(=O)c(-c2cccc3c(C[C@H](NC(=O)c4c(F)cccc4F)C(=O)O)cccc23)c(C(F)(F)F)c2cc(CO)ccc21. The zero-order chi connectivity index (χ0) is 31.9. The van der Waals surface area contributed by atoms with Crippen molar-refractivity contribution in [2.45, 2.75) is 25.2 Å². The summed E-state index contributed by atoms with van der Waals surface area (Å²) in [5.74, 6) is -5.20. The number of nitrogens with one attached hydrogen (secondary N) is 1. The van der Waals surface area contributed by atoms with E-state index in [-0.39, 0.29) is 33.0 Å². The Morgan fingerprint density at radius 3 is 2.18 bits per heavy atom. The second-order valence-electron chi connectivity index (χ2n) is 10.1. The number of fused-ring (bicyclic) bond motifs is 2. The molecule has 1 heterocycles. The van der Waals surface area contributed by atoms with Crippen LogP contribution < -0.4 is 10.9 Å². The third-order valence-corrected chi connectivity index (χ3v) is 7.43. The first-order valence-corrected chi connectivity index (χ1v) is 13.2. The lowest BCUT2D eigenvalue weighted by atomic mass is 9.90. The maximum absolute atomic E-state index is 14.7. The molecule has 0 aliphatic carbocycles. The summed E-state index contributed by atoms with van der Waals surface area (Å²) in [6.07, 6.45) is -5.38. The fourth-order valence-corrected chi connectivity index (χ4v) is 5.37. The molecule has 0 fully saturated rings. The van der Waals surface area contributed by atoms with E-state index in [4.69, 9.17) is 0 Å². The molecule has 1 aromatic heterocycles. The minimum atomic E-state index is -4.98. The molecule has 5 aromatic rings. The maximum atomic E-state index is 14.7. The monoisotopic (exact) mass is 610 g/mol. The van der Waals surface area contributed by atoms with Crippen molar-refractivity contribution in [3.63, 3.8) is 0 Å². The standard InChI is InChI=1S/C32H23F5N2O5/c1-39-25-12-11-16(15-40)13-21(25)28(32(35,36)37)26(30(39)42)20-8-3-6-18-17(5-2-7-19(18)20)14-24(31(43)44)38-29(41)27-22(33)9-4-10-23(27)34/h2-13,24,40H,14-15H2,1H3,(H,38,41)(H,43,44)/t24-/m0/s1. The van der Waals surface area contributed by atoms with E-state index in [0.29, 0.717) is 5.39 Å². The minimum Gasteiger partial charge on any atom is -0.480 e. The van der Waals surface area contributed by atoms with E-state index in [1.807, 2.05) is 0 Å². The number of aliphatic carboxylic acids is 1. The largest absolute Gasteiger partial charge is 0.480 e. The number of hydrogen-bond donors (Lipinski definition) is 3. The average molecular weight is 611 g/mol. The topological polar surface area (TPSA) is 109 Å². The number of aromatic nitrogens is 1. The van der Waals surface area contributed by atoms with Crippen LogP contribution in [-0.2, 0) is 31.0 Å². The van der Waals surface area contributed by atoms with Crippen LogP contribution in [0.5, 0.6) is 0 Å². The van der Waals surface area contributed by atoms with Crippen LogP contribution in [0.1, 0.15) is 27.0 Å². The summed E-state index contributed by atoms with van der Waals surface area (Å²) >= 11 is 0. The molecule has 1 amide bonds. The quantitative estimate of drug-likeness (QED) is 0.209. The van der Waals surface area contributed by atoms with Crippen molar-refractivity contribution in [1.82, 2.24) is 9.88 Å². The van der Waals surface area contributed by atoms with Gasteiger partial charge in [0.15, 0.2) is 0 Å². The number of carbonyl (C=O) groups is 2. The predicted octanol–water partition coefficient (Wildman–Crippen LogP) is 5.57. The smallest absolute Gasteiger partial charge is 0.417 e. The first-order valence-electron chi connectivity index (χ1n) is 13.2. The fraction of sp³-hybridized carbons (Fsp3) is 0.156. The zero-order valence-electron chi connectivity index (χ0n) is 22.9. The van der Waals surface area contributed by atoms with Crippen molar-refractivity contribution in [3.05, 3.63) is 117 Å². The summed E-state index contributed by atoms with van der Waals surface area (Å²) in [7, 11) is 1.34. The lowest BCUT2D eigenvalue weighted by molar-refractivity contribution is -0.139. The molecule has 3 N–H and O–H groups in total. The Hall–Kier alpha value is -5.10. The third-order valence-electron chi connectivity index (χ3n) is 7.43. The second-order valence-corrected chi connectivity index (χ2v) is 10.1. The first kappa shape index (κ1) is 30.4.